The number of anilines is 1. The molecule has 3 rings (SSSR count). The number of aryl methyl sites for hydroxylation is 3. The fourth-order valence-corrected chi connectivity index (χ4v) is 6.15. The second-order valence-corrected chi connectivity index (χ2v) is 12.7. The van der Waals surface area contributed by atoms with Gasteiger partial charge in [0.25, 0.3) is 10.0 Å². The highest BCUT2D eigenvalue weighted by Crippen LogP contribution is 2.30. The van der Waals surface area contributed by atoms with Gasteiger partial charge in [-0.1, -0.05) is 72.1 Å². The highest BCUT2D eigenvalue weighted by Gasteiger charge is 2.34. The van der Waals surface area contributed by atoms with Gasteiger partial charge in [-0.05, 0) is 76.4 Å². The number of hydrogen-bond acceptors (Lipinski definition) is 4. The van der Waals surface area contributed by atoms with Crippen molar-refractivity contribution in [3.05, 3.63) is 94.0 Å². The molecule has 40 heavy (non-hydrogen) atoms. The van der Waals surface area contributed by atoms with E-state index in [1.165, 1.54) is 17.0 Å². The van der Waals surface area contributed by atoms with Crippen molar-refractivity contribution in [3.63, 3.8) is 0 Å². The van der Waals surface area contributed by atoms with Crippen LogP contribution >= 0.6 is 11.6 Å². The van der Waals surface area contributed by atoms with Gasteiger partial charge in [-0.25, -0.2) is 8.42 Å². The van der Waals surface area contributed by atoms with Gasteiger partial charge in [0, 0.05) is 17.6 Å². The molecule has 0 aliphatic carbocycles. The van der Waals surface area contributed by atoms with Crippen LogP contribution in [0.3, 0.4) is 0 Å². The minimum atomic E-state index is -4.16. The Balaban J connectivity index is 2.11. The van der Waals surface area contributed by atoms with Gasteiger partial charge in [-0.2, -0.15) is 0 Å². The molecule has 0 aliphatic heterocycles. The molecule has 0 unspecified atom stereocenters. The highest BCUT2D eigenvalue weighted by molar-refractivity contribution is 7.92. The maximum atomic E-state index is 14.1. The zero-order valence-corrected chi connectivity index (χ0v) is 25.5. The molecule has 9 heteroatoms. The number of nitrogens with zero attached hydrogens (tertiary/aromatic N) is 2. The van der Waals surface area contributed by atoms with Gasteiger partial charge in [0.15, 0.2) is 0 Å². The molecule has 0 fully saturated rings. The van der Waals surface area contributed by atoms with Crippen LogP contribution in [0.5, 0.6) is 0 Å². The minimum Gasteiger partial charge on any atom is -0.352 e. The summed E-state index contributed by atoms with van der Waals surface area (Å²) < 4.78 is 29.1. The van der Waals surface area contributed by atoms with Crippen molar-refractivity contribution in [1.29, 1.82) is 0 Å². The Bertz CT molecular complexity index is 1460. The lowest BCUT2D eigenvalue weighted by Gasteiger charge is -2.34. The fourth-order valence-electron chi connectivity index (χ4n) is 4.51. The average Bonchev–Trinajstić information content (AvgIpc) is 2.88. The number of halogens is 1. The van der Waals surface area contributed by atoms with E-state index in [9.17, 15) is 18.0 Å². The smallest absolute Gasteiger partial charge is 0.264 e. The molecule has 0 heterocycles. The van der Waals surface area contributed by atoms with Gasteiger partial charge < -0.3 is 10.2 Å². The summed E-state index contributed by atoms with van der Waals surface area (Å²) in [5.41, 5.74) is 3.71. The summed E-state index contributed by atoms with van der Waals surface area (Å²) >= 11 is 6.29. The third-order valence-electron chi connectivity index (χ3n) is 6.58. The SMILES string of the molecule is CC[C@H](C(=O)NC(C)C)N(Cc1cccc(C)c1)C(=O)CN(c1cc(Cl)ccc1C)S(=O)(=O)c1ccc(C)cc1. The van der Waals surface area contributed by atoms with Crippen molar-refractivity contribution >= 4 is 39.1 Å². The highest BCUT2D eigenvalue weighted by atomic mass is 35.5. The minimum absolute atomic E-state index is 0.0557. The van der Waals surface area contributed by atoms with Gasteiger partial charge in [0.2, 0.25) is 11.8 Å². The van der Waals surface area contributed by atoms with Gasteiger partial charge in [-0.3, -0.25) is 13.9 Å². The zero-order valence-electron chi connectivity index (χ0n) is 23.9. The molecule has 0 radical (unpaired) electrons. The molecule has 2 amide bonds. The normalized spacial score (nSPS) is 12.2. The molecule has 1 atom stereocenters. The van der Waals surface area contributed by atoms with Gasteiger partial charge >= 0.3 is 0 Å². The van der Waals surface area contributed by atoms with Crippen molar-refractivity contribution < 1.29 is 18.0 Å². The number of benzene rings is 3. The van der Waals surface area contributed by atoms with E-state index in [0.717, 1.165) is 21.0 Å². The number of rotatable bonds is 11. The van der Waals surface area contributed by atoms with Crippen LogP contribution in [0.4, 0.5) is 5.69 Å². The van der Waals surface area contributed by atoms with Crippen LogP contribution in [-0.2, 0) is 26.2 Å². The Hall–Kier alpha value is -3.36. The van der Waals surface area contributed by atoms with E-state index in [0.29, 0.717) is 22.7 Å². The zero-order chi connectivity index (χ0) is 29.6. The Morgan fingerprint density at radius 3 is 2.20 bits per heavy atom. The molecule has 7 nitrogen and oxygen atoms in total. The van der Waals surface area contributed by atoms with Crippen LogP contribution in [0.1, 0.15) is 49.4 Å². The summed E-state index contributed by atoms with van der Waals surface area (Å²) in [5.74, 6) is -0.785. The summed E-state index contributed by atoms with van der Waals surface area (Å²) in [6.45, 7) is 10.8. The Morgan fingerprint density at radius 1 is 0.925 bits per heavy atom. The molecule has 0 saturated carbocycles. The summed E-state index contributed by atoms with van der Waals surface area (Å²) in [6, 6.07) is 18.2. The van der Waals surface area contributed by atoms with E-state index in [1.54, 1.807) is 37.3 Å². The first kappa shape index (κ1) is 31.2. The summed E-state index contributed by atoms with van der Waals surface area (Å²) in [4.78, 5) is 28.9. The van der Waals surface area contributed by atoms with E-state index < -0.39 is 28.5 Å². The molecular formula is C31H38ClN3O4S. The third kappa shape index (κ3) is 7.64. The van der Waals surface area contributed by atoms with E-state index in [2.05, 4.69) is 5.32 Å². The predicted octanol–water partition coefficient (Wildman–Crippen LogP) is 5.79. The maximum Gasteiger partial charge on any atom is 0.264 e. The number of sulfonamides is 1. The quantitative estimate of drug-likeness (QED) is 0.309. The molecule has 3 aromatic rings. The third-order valence-corrected chi connectivity index (χ3v) is 8.59. The molecule has 0 saturated heterocycles. The van der Waals surface area contributed by atoms with Crippen LogP contribution in [0.15, 0.2) is 71.6 Å². The summed E-state index contributed by atoms with van der Waals surface area (Å²) in [7, 11) is -4.16. The standard InChI is InChI=1S/C31H38ClN3O4S/c1-7-28(31(37)33-21(2)3)34(19-25-10-8-9-23(5)17-25)30(36)20-35(29-18-26(32)14-13-24(29)6)40(38,39)27-15-11-22(4)12-16-27/h8-18,21,28H,7,19-20H2,1-6H3,(H,33,37)/t28-/m1/s1. The van der Waals surface area contributed by atoms with Crippen LogP contribution in [0, 0.1) is 20.8 Å². The molecule has 0 spiro atoms. The fraction of sp³-hybridized carbons (Fsp3) is 0.355. The van der Waals surface area contributed by atoms with Crippen molar-refractivity contribution in [3.8, 4) is 0 Å². The van der Waals surface area contributed by atoms with E-state index in [-0.39, 0.29) is 23.4 Å². The summed E-state index contributed by atoms with van der Waals surface area (Å²) in [5, 5.41) is 3.25. The van der Waals surface area contributed by atoms with Crippen molar-refractivity contribution in [2.24, 2.45) is 0 Å². The van der Waals surface area contributed by atoms with E-state index >= 15 is 0 Å². The Morgan fingerprint density at radius 2 is 1.60 bits per heavy atom. The largest absolute Gasteiger partial charge is 0.352 e. The first-order chi connectivity index (χ1) is 18.8. The molecule has 3 aromatic carbocycles. The van der Waals surface area contributed by atoms with Gasteiger partial charge in [-0.15, -0.1) is 0 Å². The number of nitrogens with one attached hydrogen (secondary N) is 1. The van der Waals surface area contributed by atoms with Crippen LogP contribution in [0.25, 0.3) is 0 Å². The van der Waals surface area contributed by atoms with Crippen LogP contribution < -0.4 is 9.62 Å². The molecule has 214 valence electrons. The lowest BCUT2D eigenvalue weighted by atomic mass is 10.1. The number of amides is 2. The second-order valence-electron chi connectivity index (χ2n) is 10.4. The first-order valence-corrected chi connectivity index (χ1v) is 15.2. The molecule has 0 bridgehead atoms. The van der Waals surface area contributed by atoms with Gasteiger partial charge in [0.1, 0.15) is 12.6 Å². The van der Waals surface area contributed by atoms with Crippen LogP contribution in [0.2, 0.25) is 5.02 Å². The summed E-state index contributed by atoms with van der Waals surface area (Å²) in [6.07, 6.45) is 0.358. The van der Waals surface area contributed by atoms with Crippen LogP contribution in [-0.4, -0.2) is 43.8 Å². The van der Waals surface area contributed by atoms with Crippen molar-refractivity contribution in [1.82, 2.24) is 10.2 Å². The lowest BCUT2D eigenvalue weighted by molar-refractivity contribution is -0.140. The van der Waals surface area contributed by atoms with E-state index in [4.69, 9.17) is 11.6 Å². The van der Waals surface area contributed by atoms with E-state index in [1.807, 2.05) is 58.9 Å². The number of hydrogen-bond donors (Lipinski definition) is 1. The average molecular weight is 584 g/mol. The van der Waals surface area contributed by atoms with Crippen molar-refractivity contribution in [2.45, 2.75) is 71.5 Å². The number of carbonyl (C=O) groups is 2. The first-order valence-electron chi connectivity index (χ1n) is 13.3. The Kier molecular flexibility index (Phi) is 10.4. The maximum absolute atomic E-state index is 14.1. The predicted molar refractivity (Wildman–Crippen MR) is 161 cm³/mol. The topological polar surface area (TPSA) is 86.8 Å². The van der Waals surface area contributed by atoms with Gasteiger partial charge in [0.05, 0.1) is 10.6 Å². The molecular weight excluding hydrogens is 546 g/mol. The Labute approximate surface area is 243 Å². The lowest BCUT2D eigenvalue weighted by Crippen LogP contribution is -2.53. The van der Waals surface area contributed by atoms with Crippen molar-refractivity contribution in [2.75, 3.05) is 10.8 Å². The monoisotopic (exact) mass is 583 g/mol. The number of carbonyl (C=O) groups excluding carboxylic acids is 2. The molecule has 1 N–H and O–H groups in total. The second kappa shape index (κ2) is 13.3. The molecule has 0 aliphatic rings. The molecule has 0 aromatic heterocycles.